The first-order chi connectivity index (χ1) is 8.11. The SMILES string of the molecule is Cc1ccc(C(=O)c2ccccc2)c(N)c1C. The van der Waals surface area contributed by atoms with E-state index in [2.05, 4.69) is 0 Å². The van der Waals surface area contributed by atoms with Crippen molar-refractivity contribution in [1.82, 2.24) is 0 Å². The average molecular weight is 225 g/mol. The van der Waals surface area contributed by atoms with E-state index < -0.39 is 0 Å². The summed E-state index contributed by atoms with van der Waals surface area (Å²) in [4.78, 5) is 12.3. The molecule has 86 valence electrons. The molecule has 0 bridgehead atoms. The van der Waals surface area contributed by atoms with Crippen molar-refractivity contribution in [2.24, 2.45) is 0 Å². The number of ketones is 1. The summed E-state index contributed by atoms with van der Waals surface area (Å²) in [6.07, 6.45) is 0. The highest BCUT2D eigenvalue weighted by Gasteiger charge is 2.13. The Bertz CT molecular complexity index is 559. The van der Waals surface area contributed by atoms with Crippen LogP contribution in [0.1, 0.15) is 27.0 Å². The van der Waals surface area contributed by atoms with Gasteiger partial charge in [0.25, 0.3) is 0 Å². The van der Waals surface area contributed by atoms with Gasteiger partial charge in [0.15, 0.2) is 5.78 Å². The summed E-state index contributed by atoms with van der Waals surface area (Å²) in [6.45, 7) is 3.93. The first kappa shape index (κ1) is 11.4. The van der Waals surface area contributed by atoms with Crippen LogP contribution in [0.2, 0.25) is 0 Å². The van der Waals surface area contributed by atoms with E-state index in [0.717, 1.165) is 11.1 Å². The van der Waals surface area contributed by atoms with E-state index in [4.69, 9.17) is 5.73 Å². The molecule has 2 aromatic carbocycles. The zero-order valence-electron chi connectivity index (χ0n) is 10.0. The Morgan fingerprint density at radius 3 is 2.29 bits per heavy atom. The number of nitrogen functional groups attached to an aromatic ring is 1. The Balaban J connectivity index is 2.49. The lowest BCUT2D eigenvalue weighted by Gasteiger charge is -2.10. The summed E-state index contributed by atoms with van der Waals surface area (Å²) < 4.78 is 0. The molecule has 0 aliphatic rings. The number of aryl methyl sites for hydroxylation is 1. The van der Waals surface area contributed by atoms with Gasteiger partial charge in [-0.15, -0.1) is 0 Å². The van der Waals surface area contributed by atoms with Crippen LogP contribution in [0.5, 0.6) is 0 Å². The molecule has 0 aliphatic heterocycles. The standard InChI is InChI=1S/C15H15NO/c1-10-8-9-13(14(16)11(10)2)15(17)12-6-4-3-5-7-12/h3-9H,16H2,1-2H3. The number of hydrogen-bond acceptors (Lipinski definition) is 2. The van der Waals surface area contributed by atoms with E-state index >= 15 is 0 Å². The summed E-state index contributed by atoms with van der Waals surface area (Å²) >= 11 is 0. The van der Waals surface area contributed by atoms with Crippen molar-refractivity contribution in [3.8, 4) is 0 Å². The van der Waals surface area contributed by atoms with Crippen molar-refractivity contribution in [2.45, 2.75) is 13.8 Å². The second-order valence-corrected chi connectivity index (χ2v) is 4.16. The predicted octanol–water partition coefficient (Wildman–Crippen LogP) is 3.12. The van der Waals surface area contributed by atoms with E-state index in [1.807, 2.05) is 38.1 Å². The molecule has 0 saturated heterocycles. The molecule has 0 spiro atoms. The first-order valence-corrected chi connectivity index (χ1v) is 5.56. The molecular formula is C15H15NO. The molecule has 2 aromatic rings. The summed E-state index contributed by atoms with van der Waals surface area (Å²) in [6, 6.07) is 12.9. The Hall–Kier alpha value is -2.09. The van der Waals surface area contributed by atoms with Gasteiger partial charge in [0.1, 0.15) is 0 Å². The second kappa shape index (κ2) is 4.42. The Labute approximate surface area is 101 Å². The van der Waals surface area contributed by atoms with Crippen LogP contribution in [0.4, 0.5) is 5.69 Å². The van der Waals surface area contributed by atoms with E-state index in [9.17, 15) is 4.79 Å². The molecule has 17 heavy (non-hydrogen) atoms. The topological polar surface area (TPSA) is 43.1 Å². The van der Waals surface area contributed by atoms with E-state index in [0.29, 0.717) is 16.8 Å². The highest BCUT2D eigenvalue weighted by Crippen LogP contribution is 2.22. The summed E-state index contributed by atoms with van der Waals surface area (Å²) in [5.41, 5.74) is 9.92. The first-order valence-electron chi connectivity index (χ1n) is 5.56. The van der Waals surface area contributed by atoms with Gasteiger partial charge in [-0.1, -0.05) is 36.4 Å². The molecule has 2 rings (SSSR count). The second-order valence-electron chi connectivity index (χ2n) is 4.16. The Kier molecular flexibility index (Phi) is 2.96. The average Bonchev–Trinajstić information content (AvgIpc) is 2.36. The summed E-state index contributed by atoms with van der Waals surface area (Å²) in [7, 11) is 0. The predicted molar refractivity (Wildman–Crippen MR) is 70.2 cm³/mol. The zero-order valence-corrected chi connectivity index (χ0v) is 10.0. The van der Waals surface area contributed by atoms with Gasteiger partial charge in [0.05, 0.1) is 0 Å². The van der Waals surface area contributed by atoms with Gasteiger partial charge >= 0.3 is 0 Å². The Morgan fingerprint density at radius 2 is 1.65 bits per heavy atom. The fourth-order valence-electron chi connectivity index (χ4n) is 1.78. The van der Waals surface area contributed by atoms with Gasteiger partial charge in [0, 0.05) is 16.8 Å². The third-order valence-electron chi connectivity index (χ3n) is 3.07. The number of nitrogens with two attached hydrogens (primary N) is 1. The number of anilines is 1. The third-order valence-corrected chi connectivity index (χ3v) is 3.07. The van der Waals surface area contributed by atoms with Crippen molar-refractivity contribution in [1.29, 1.82) is 0 Å². The van der Waals surface area contributed by atoms with E-state index in [-0.39, 0.29) is 5.78 Å². The molecule has 0 aliphatic carbocycles. The lowest BCUT2D eigenvalue weighted by molar-refractivity contribution is 0.103. The largest absolute Gasteiger partial charge is 0.398 e. The number of benzene rings is 2. The molecule has 0 amide bonds. The van der Waals surface area contributed by atoms with Gasteiger partial charge in [-0.2, -0.15) is 0 Å². The van der Waals surface area contributed by atoms with E-state index in [1.165, 1.54) is 0 Å². The number of carbonyl (C=O) groups excluding carboxylic acids is 1. The van der Waals surface area contributed by atoms with Crippen LogP contribution in [0.25, 0.3) is 0 Å². The van der Waals surface area contributed by atoms with Crippen LogP contribution in [0, 0.1) is 13.8 Å². The maximum atomic E-state index is 12.3. The van der Waals surface area contributed by atoms with Crippen molar-refractivity contribution >= 4 is 11.5 Å². The molecule has 2 nitrogen and oxygen atoms in total. The molecular weight excluding hydrogens is 210 g/mol. The van der Waals surface area contributed by atoms with Crippen molar-refractivity contribution in [3.63, 3.8) is 0 Å². The monoisotopic (exact) mass is 225 g/mol. The number of hydrogen-bond donors (Lipinski definition) is 1. The molecule has 0 fully saturated rings. The lowest BCUT2D eigenvalue weighted by Crippen LogP contribution is -2.07. The maximum absolute atomic E-state index is 12.3. The Morgan fingerprint density at radius 1 is 1.00 bits per heavy atom. The van der Waals surface area contributed by atoms with Crippen LogP contribution in [0.3, 0.4) is 0 Å². The maximum Gasteiger partial charge on any atom is 0.195 e. The number of rotatable bonds is 2. The van der Waals surface area contributed by atoms with Crippen LogP contribution >= 0.6 is 0 Å². The molecule has 0 saturated carbocycles. The summed E-state index contributed by atoms with van der Waals surface area (Å²) in [5, 5.41) is 0. The third kappa shape index (κ3) is 2.07. The quantitative estimate of drug-likeness (QED) is 0.630. The summed E-state index contributed by atoms with van der Waals surface area (Å²) in [5.74, 6) is -0.0220. The zero-order chi connectivity index (χ0) is 12.4. The fraction of sp³-hybridized carbons (Fsp3) is 0.133. The van der Waals surface area contributed by atoms with Crippen molar-refractivity contribution in [3.05, 3.63) is 64.7 Å². The highest BCUT2D eigenvalue weighted by atomic mass is 16.1. The molecule has 0 radical (unpaired) electrons. The molecule has 2 N–H and O–H groups in total. The molecule has 2 heteroatoms. The minimum atomic E-state index is -0.0220. The molecule has 0 atom stereocenters. The smallest absolute Gasteiger partial charge is 0.195 e. The van der Waals surface area contributed by atoms with Crippen LogP contribution in [-0.2, 0) is 0 Å². The molecule has 0 unspecified atom stereocenters. The van der Waals surface area contributed by atoms with Crippen LogP contribution in [0.15, 0.2) is 42.5 Å². The van der Waals surface area contributed by atoms with Gasteiger partial charge in [-0.3, -0.25) is 4.79 Å². The highest BCUT2D eigenvalue weighted by molar-refractivity contribution is 6.12. The van der Waals surface area contributed by atoms with Crippen molar-refractivity contribution in [2.75, 3.05) is 5.73 Å². The number of carbonyl (C=O) groups is 1. The molecule has 0 heterocycles. The van der Waals surface area contributed by atoms with Crippen LogP contribution < -0.4 is 5.73 Å². The van der Waals surface area contributed by atoms with E-state index in [1.54, 1.807) is 18.2 Å². The molecule has 0 aromatic heterocycles. The van der Waals surface area contributed by atoms with Crippen LogP contribution in [-0.4, -0.2) is 5.78 Å². The normalized spacial score (nSPS) is 10.2. The fourth-order valence-corrected chi connectivity index (χ4v) is 1.78. The van der Waals surface area contributed by atoms with Gasteiger partial charge in [0.2, 0.25) is 0 Å². The van der Waals surface area contributed by atoms with Crippen molar-refractivity contribution < 1.29 is 4.79 Å². The van der Waals surface area contributed by atoms with Gasteiger partial charge in [-0.05, 0) is 31.0 Å². The lowest BCUT2D eigenvalue weighted by atomic mass is 9.97. The van der Waals surface area contributed by atoms with Gasteiger partial charge in [-0.25, -0.2) is 0 Å². The van der Waals surface area contributed by atoms with Gasteiger partial charge < -0.3 is 5.73 Å². The minimum Gasteiger partial charge on any atom is -0.398 e. The minimum absolute atomic E-state index is 0.0220.